The lowest BCUT2D eigenvalue weighted by molar-refractivity contribution is -0.149. The third-order valence-electron chi connectivity index (χ3n) is 5.70. The van der Waals surface area contributed by atoms with Crippen molar-refractivity contribution >= 4 is 11.9 Å². The highest BCUT2D eigenvalue weighted by Crippen LogP contribution is 2.55. The lowest BCUT2D eigenvalue weighted by Crippen LogP contribution is -2.43. The van der Waals surface area contributed by atoms with Gasteiger partial charge >= 0.3 is 11.9 Å². The Labute approximate surface area is 125 Å². The van der Waals surface area contributed by atoms with Gasteiger partial charge in [-0.2, -0.15) is 0 Å². The monoisotopic (exact) mass is 292 g/mol. The molecule has 4 atom stereocenters. The molecule has 3 rings (SSSR count). The Morgan fingerprint density at radius 2 is 2.24 bits per heavy atom. The van der Waals surface area contributed by atoms with Crippen molar-refractivity contribution in [3.05, 3.63) is 11.1 Å². The van der Waals surface area contributed by atoms with E-state index in [0.29, 0.717) is 12.5 Å². The van der Waals surface area contributed by atoms with Crippen LogP contribution in [0.5, 0.6) is 0 Å². The van der Waals surface area contributed by atoms with E-state index in [4.69, 9.17) is 9.47 Å². The first-order valence-electron chi connectivity index (χ1n) is 7.96. The predicted octanol–water partition coefficient (Wildman–Crippen LogP) is 3.01. The fraction of sp³-hybridized carbons (Fsp3) is 0.765. The third-order valence-corrected chi connectivity index (χ3v) is 5.70. The number of allylic oxidation sites excluding steroid dienone is 1. The fourth-order valence-corrected chi connectivity index (χ4v) is 4.48. The van der Waals surface area contributed by atoms with Gasteiger partial charge in [0.2, 0.25) is 0 Å². The first-order chi connectivity index (χ1) is 9.93. The van der Waals surface area contributed by atoms with Gasteiger partial charge in [0.05, 0.1) is 5.92 Å². The molecule has 1 heterocycles. The van der Waals surface area contributed by atoms with Crippen molar-refractivity contribution in [1.29, 1.82) is 0 Å². The number of carbonyl (C=O) groups excluding carboxylic acids is 2. The zero-order valence-electron chi connectivity index (χ0n) is 13.1. The number of ether oxygens (including phenoxy) is 2. The topological polar surface area (TPSA) is 52.6 Å². The maximum absolute atomic E-state index is 11.9. The van der Waals surface area contributed by atoms with Crippen LogP contribution in [0.25, 0.3) is 0 Å². The van der Waals surface area contributed by atoms with E-state index in [2.05, 4.69) is 6.92 Å². The zero-order chi connectivity index (χ0) is 15.2. The molecule has 0 N–H and O–H groups in total. The number of hydrogen-bond acceptors (Lipinski definition) is 4. The summed E-state index contributed by atoms with van der Waals surface area (Å²) in [5, 5.41) is 0. The molecule has 2 aliphatic carbocycles. The standard InChI is InChI=1S/C17H24O4/c1-10-5-4-6-17(9-20-12(3)18)8-15-13(7-14(10)17)11(2)16(19)21-15/h11,13,15H,4-9H2,1-3H3/t11-,13+,15+,17+/m0/s1. The zero-order valence-corrected chi connectivity index (χ0v) is 13.1. The van der Waals surface area contributed by atoms with Gasteiger partial charge in [0, 0.05) is 18.3 Å². The van der Waals surface area contributed by atoms with Gasteiger partial charge in [0.15, 0.2) is 0 Å². The van der Waals surface area contributed by atoms with Crippen LogP contribution in [0.15, 0.2) is 11.1 Å². The molecule has 0 amide bonds. The molecule has 21 heavy (non-hydrogen) atoms. The molecule has 0 spiro atoms. The fourth-order valence-electron chi connectivity index (χ4n) is 4.48. The van der Waals surface area contributed by atoms with Crippen LogP contribution in [0.1, 0.15) is 52.9 Å². The highest BCUT2D eigenvalue weighted by atomic mass is 16.6. The van der Waals surface area contributed by atoms with Crippen molar-refractivity contribution in [1.82, 2.24) is 0 Å². The van der Waals surface area contributed by atoms with Crippen molar-refractivity contribution < 1.29 is 19.1 Å². The summed E-state index contributed by atoms with van der Waals surface area (Å²) in [6.07, 6.45) is 5.01. The van der Waals surface area contributed by atoms with Crippen LogP contribution < -0.4 is 0 Å². The highest BCUT2D eigenvalue weighted by molar-refractivity contribution is 5.75. The summed E-state index contributed by atoms with van der Waals surface area (Å²) in [7, 11) is 0. The van der Waals surface area contributed by atoms with E-state index < -0.39 is 0 Å². The summed E-state index contributed by atoms with van der Waals surface area (Å²) in [6.45, 7) is 6.06. The molecular weight excluding hydrogens is 268 g/mol. The van der Waals surface area contributed by atoms with Crippen molar-refractivity contribution in [2.45, 2.75) is 59.0 Å². The minimum atomic E-state index is -0.231. The maximum atomic E-state index is 11.9. The normalized spacial score (nSPS) is 38.6. The van der Waals surface area contributed by atoms with Gasteiger partial charge in [-0.25, -0.2) is 0 Å². The van der Waals surface area contributed by atoms with Crippen LogP contribution >= 0.6 is 0 Å². The van der Waals surface area contributed by atoms with Crippen molar-refractivity contribution in [2.75, 3.05) is 6.61 Å². The van der Waals surface area contributed by atoms with E-state index in [0.717, 1.165) is 32.1 Å². The molecule has 0 aromatic rings. The molecule has 3 aliphatic rings. The van der Waals surface area contributed by atoms with Gasteiger partial charge < -0.3 is 9.47 Å². The Balaban J connectivity index is 1.91. The van der Waals surface area contributed by atoms with Crippen LogP contribution in [0.4, 0.5) is 0 Å². The van der Waals surface area contributed by atoms with Crippen LogP contribution in [-0.2, 0) is 19.1 Å². The predicted molar refractivity (Wildman–Crippen MR) is 77.4 cm³/mol. The largest absolute Gasteiger partial charge is 0.465 e. The first kappa shape index (κ1) is 14.6. The number of hydrogen-bond donors (Lipinski definition) is 0. The first-order valence-corrected chi connectivity index (χ1v) is 7.96. The summed E-state index contributed by atoms with van der Waals surface area (Å²) in [4.78, 5) is 23.1. The van der Waals surface area contributed by atoms with Crippen molar-refractivity contribution in [2.24, 2.45) is 17.3 Å². The van der Waals surface area contributed by atoms with Crippen molar-refractivity contribution in [3.8, 4) is 0 Å². The van der Waals surface area contributed by atoms with Gasteiger partial charge in [-0.15, -0.1) is 0 Å². The molecule has 116 valence electrons. The smallest absolute Gasteiger partial charge is 0.309 e. The number of fused-ring (bicyclic) bond motifs is 2. The molecular formula is C17H24O4. The quantitative estimate of drug-likeness (QED) is 0.580. The minimum absolute atomic E-state index is 0.00212. The van der Waals surface area contributed by atoms with Crippen LogP contribution in [0, 0.1) is 17.3 Å². The van der Waals surface area contributed by atoms with Crippen LogP contribution in [-0.4, -0.2) is 24.6 Å². The van der Waals surface area contributed by atoms with Crippen LogP contribution in [0.3, 0.4) is 0 Å². The number of rotatable bonds is 2. The average molecular weight is 292 g/mol. The second kappa shape index (κ2) is 5.15. The van der Waals surface area contributed by atoms with Gasteiger partial charge in [-0.3, -0.25) is 9.59 Å². The molecule has 1 aliphatic heterocycles. The molecule has 0 bridgehead atoms. The van der Waals surface area contributed by atoms with Gasteiger partial charge in [-0.05, 0) is 39.0 Å². The molecule has 0 aromatic carbocycles. The van der Waals surface area contributed by atoms with E-state index >= 15 is 0 Å². The Hall–Kier alpha value is -1.32. The second-order valence-electron chi connectivity index (χ2n) is 7.01. The maximum Gasteiger partial charge on any atom is 0.309 e. The Morgan fingerprint density at radius 1 is 1.48 bits per heavy atom. The van der Waals surface area contributed by atoms with E-state index in [1.54, 1.807) is 0 Å². The second-order valence-corrected chi connectivity index (χ2v) is 7.01. The summed E-state index contributed by atoms with van der Waals surface area (Å²) in [5.41, 5.74) is 2.76. The molecule has 0 aromatic heterocycles. The van der Waals surface area contributed by atoms with Crippen LogP contribution in [0.2, 0.25) is 0 Å². The molecule has 1 saturated heterocycles. The highest BCUT2D eigenvalue weighted by Gasteiger charge is 2.53. The lowest BCUT2D eigenvalue weighted by atomic mass is 9.59. The summed E-state index contributed by atoms with van der Waals surface area (Å²) in [6, 6.07) is 0. The van der Waals surface area contributed by atoms with Gasteiger partial charge in [0.25, 0.3) is 0 Å². The molecule has 2 fully saturated rings. The van der Waals surface area contributed by atoms with E-state index in [1.807, 2.05) is 6.92 Å². The van der Waals surface area contributed by atoms with E-state index in [-0.39, 0.29) is 29.4 Å². The Kier molecular flexibility index (Phi) is 3.58. The number of carbonyl (C=O) groups is 2. The SMILES string of the molecule is CC(=O)OC[C@]12CCCC(C)=C1C[C@@H]1[C@H](C)C(=O)O[C@@H]1C2. The Bertz CT molecular complexity index is 507. The summed E-state index contributed by atoms with van der Waals surface area (Å²) in [5.74, 6) is -0.00893. The lowest BCUT2D eigenvalue weighted by Gasteiger charge is -2.47. The third kappa shape index (κ3) is 2.39. The summed E-state index contributed by atoms with van der Waals surface area (Å²) < 4.78 is 11.0. The Morgan fingerprint density at radius 3 is 2.95 bits per heavy atom. The minimum Gasteiger partial charge on any atom is -0.465 e. The van der Waals surface area contributed by atoms with Gasteiger partial charge in [-0.1, -0.05) is 18.1 Å². The molecule has 4 heteroatoms. The summed E-state index contributed by atoms with van der Waals surface area (Å²) >= 11 is 0. The van der Waals surface area contributed by atoms with E-state index in [9.17, 15) is 9.59 Å². The van der Waals surface area contributed by atoms with Crippen molar-refractivity contribution in [3.63, 3.8) is 0 Å². The average Bonchev–Trinajstić information content (AvgIpc) is 2.70. The number of esters is 2. The molecule has 0 radical (unpaired) electrons. The van der Waals surface area contributed by atoms with E-state index in [1.165, 1.54) is 18.1 Å². The van der Waals surface area contributed by atoms with Gasteiger partial charge in [0.1, 0.15) is 12.7 Å². The molecule has 0 unspecified atom stereocenters. The molecule has 4 nitrogen and oxygen atoms in total. The molecule has 1 saturated carbocycles.